The maximum Gasteiger partial charge on any atom is 0.261 e. The summed E-state index contributed by atoms with van der Waals surface area (Å²) in [6.07, 6.45) is 6.41. The Morgan fingerprint density at radius 2 is 0.940 bits per heavy atom. The van der Waals surface area contributed by atoms with Gasteiger partial charge in [-0.05, 0) is 85.2 Å². The van der Waals surface area contributed by atoms with Crippen LogP contribution in [0.25, 0.3) is 43.1 Å². The van der Waals surface area contributed by atoms with E-state index in [-0.39, 0.29) is 35.7 Å². The molecule has 2 atom stereocenters. The van der Waals surface area contributed by atoms with E-state index >= 15 is 0 Å². The van der Waals surface area contributed by atoms with Gasteiger partial charge in [0.1, 0.15) is 0 Å². The normalized spacial score (nSPS) is 15.4. The highest BCUT2D eigenvalue weighted by molar-refractivity contribution is 7.78. The Kier molecular flexibility index (Phi) is 8.91. The third kappa shape index (κ3) is 4.78. The molecule has 8 nitrogen and oxygen atoms in total. The Hall–Kier alpha value is -4.72. The number of unbranched alkanes of at least 4 members (excludes halogenated alkanes) is 2. The number of fused-ring (bicyclic) bond motifs is 2. The van der Waals surface area contributed by atoms with Gasteiger partial charge >= 0.3 is 0 Å². The molecule has 5 aromatic rings. The average molecular weight is 701 g/mol. The first-order valence-corrected chi connectivity index (χ1v) is 18.3. The highest BCUT2D eigenvalue weighted by atomic mass is 32.1. The van der Waals surface area contributed by atoms with Crippen molar-refractivity contribution in [1.29, 1.82) is 0 Å². The van der Waals surface area contributed by atoms with Crippen LogP contribution in [-0.4, -0.2) is 55.8 Å². The summed E-state index contributed by atoms with van der Waals surface area (Å²) in [5.41, 5.74) is 2.42. The average Bonchev–Trinajstić information content (AvgIpc) is 3.12. The molecule has 7 rings (SSSR count). The number of isothiocyanates is 2. The van der Waals surface area contributed by atoms with Gasteiger partial charge in [-0.1, -0.05) is 65.5 Å². The fourth-order valence-corrected chi connectivity index (χ4v) is 8.51. The van der Waals surface area contributed by atoms with Crippen molar-refractivity contribution in [3.8, 4) is 0 Å². The van der Waals surface area contributed by atoms with Crippen molar-refractivity contribution in [3.05, 3.63) is 58.7 Å². The molecule has 0 aromatic heterocycles. The summed E-state index contributed by atoms with van der Waals surface area (Å²) < 4.78 is 0. The van der Waals surface area contributed by atoms with Gasteiger partial charge in [0.2, 0.25) is 0 Å². The number of carbonyl (C=O) groups excluding carboxylic acids is 4. The van der Waals surface area contributed by atoms with E-state index in [4.69, 9.17) is 24.4 Å². The van der Waals surface area contributed by atoms with Crippen molar-refractivity contribution in [2.45, 2.75) is 91.1 Å². The minimum atomic E-state index is -0.368. The van der Waals surface area contributed by atoms with Crippen molar-refractivity contribution in [2.75, 3.05) is 0 Å². The van der Waals surface area contributed by atoms with Crippen LogP contribution < -0.4 is 0 Å². The number of nitrogens with zero attached hydrogens (tertiary/aromatic N) is 4. The molecule has 0 saturated heterocycles. The van der Waals surface area contributed by atoms with Crippen LogP contribution in [0.15, 0.2) is 46.4 Å². The third-order valence-electron chi connectivity index (χ3n) is 10.6. The molecule has 5 aromatic carbocycles. The standard InChI is InChI=1S/C40H36N4O4S2/c1-5-9-11-21(7-3)43-37(45)25-15-13-23-34-30(42-20-50)18-28-32-26(38(46)44(40(28)48)22(8-4)12-10-6-2)16-14-24(36(32)34)33-29(41-19-49)17-27(39(43)47)31(25)35(23)33/h13-18,21-22H,5-12H2,1-4H3. The van der Waals surface area contributed by atoms with Crippen LogP contribution in [0.5, 0.6) is 0 Å². The second-order valence-corrected chi connectivity index (χ2v) is 13.6. The maximum absolute atomic E-state index is 14.3. The molecule has 2 aliphatic heterocycles. The van der Waals surface area contributed by atoms with E-state index in [0.29, 0.717) is 89.6 Å². The van der Waals surface area contributed by atoms with E-state index in [2.05, 4.69) is 34.2 Å². The number of hydrogen-bond acceptors (Lipinski definition) is 8. The van der Waals surface area contributed by atoms with Crippen LogP contribution in [0, 0.1) is 0 Å². The van der Waals surface area contributed by atoms with Gasteiger partial charge in [-0.15, -0.1) is 0 Å². The fourth-order valence-electron chi connectivity index (χ4n) is 8.31. The monoisotopic (exact) mass is 700 g/mol. The first kappa shape index (κ1) is 33.8. The number of amides is 4. The smallest absolute Gasteiger partial charge is 0.261 e. The number of imide groups is 2. The summed E-state index contributed by atoms with van der Waals surface area (Å²) in [6.45, 7) is 8.17. The topological polar surface area (TPSA) is 99.5 Å². The van der Waals surface area contributed by atoms with E-state index in [1.54, 1.807) is 24.3 Å². The minimum Gasteiger partial charge on any atom is -0.271 e. The zero-order chi connectivity index (χ0) is 35.4. The van der Waals surface area contributed by atoms with E-state index < -0.39 is 0 Å². The Morgan fingerprint density at radius 3 is 1.28 bits per heavy atom. The Bertz CT molecular complexity index is 2240. The van der Waals surface area contributed by atoms with Crippen molar-refractivity contribution in [3.63, 3.8) is 0 Å². The summed E-state index contributed by atoms with van der Waals surface area (Å²) >= 11 is 10.2. The van der Waals surface area contributed by atoms with E-state index in [0.717, 1.165) is 38.5 Å². The molecule has 0 saturated carbocycles. The van der Waals surface area contributed by atoms with Gasteiger partial charge in [-0.3, -0.25) is 29.0 Å². The molecule has 10 heteroatoms. The third-order valence-corrected chi connectivity index (χ3v) is 10.8. The van der Waals surface area contributed by atoms with Gasteiger partial charge in [0.15, 0.2) is 0 Å². The molecule has 0 aliphatic carbocycles. The molecule has 0 bridgehead atoms. The van der Waals surface area contributed by atoms with E-state index in [1.807, 2.05) is 26.0 Å². The predicted molar refractivity (Wildman–Crippen MR) is 205 cm³/mol. The molecule has 252 valence electrons. The molecular weight excluding hydrogens is 665 g/mol. The lowest BCUT2D eigenvalue weighted by molar-refractivity contribution is 0.0508. The molecule has 4 amide bonds. The van der Waals surface area contributed by atoms with Crippen LogP contribution in [0.3, 0.4) is 0 Å². The van der Waals surface area contributed by atoms with Gasteiger partial charge in [-0.25, -0.2) is 0 Å². The summed E-state index contributed by atoms with van der Waals surface area (Å²) in [5.74, 6) is -1.39. The molecule has 2 unspecified atom stereocenters. The summed E-state index contributed by atoms with van der Waals surface area (Å²) in [4.78, 5) is 68.9. The van der Waals surface area contributed by atoms with E-state index in [9.17, 15) is 19.2 Å². The van der Waals surface area contributed by atoms with Crippen molar-refractivity contribution < 1.29 is 19.2 Å². The second-order valence-electron chi connectivity index (χ2n) is 13.2. The predicted octanol–water partition coefficient (Wildman–Crippen LogP) is 10.3. The van der Waals surface area contributed by atoms with Crippen LogP contribution in [-0.2, 0) is 0 Å². The molecule has 0 fully saturated rings. The Morgan fingerprint density at radius 1 is 0.560 bits per heavy atom. The van der Waals surface area contributed by atoms with Gasteiger partial charge in [0.05, 0.1) is 32.8 Å². The first-order valence-electron chi connectivity index (χ1n) is 17.5. The molecule has 0 radical (unpaired) electrons. The lowest BCUT2D eigenvalue weighted by Gasteiger charge is -2.35. The zero-order valence-corrected chi connectivity index (χ0v) is 30.1. The van der Waals surface area contributed by atoms with Crippen molar-refractivity contribution >= 4 is 113 Å². The van der Waals surface area contributed by atoms with Crippen molar-refractivity contribution in [2.24, 2.45) is 9.98 Å². The summed E-state index contributed by atoms with van der Waals surface area (Å²) in [5, 5.41) is 10.0. The van der Waals surface area contributed by atoms with Gasteiger partial charge in [0, 0.05) is 55.5 Å². The summed E-state index contributed by atoms with van der Waals surface area (Å²) in [6, 6.07) is 10.2. The van der Waals surface area contributed by atoms with E-state index in [1.165, 1.54) is 9.80 Å². The molecule has 2 aliphatic rings. The fraction of sp³-hybridized carbons (Fsp3) is 0.350. The van der Waals surface area contributed by atoms with Crippen LogP contribution in [0.2, 0.25) is 0 Å². The highest BCUT2D eigenvalue weighted by Crippen LogP contribution is 2.52. The minimum absolute atomic E-state index is 0.243. The number of hydrogen-bond donors (Lipinski definition) is 0. The highest BCUT2D eigenvalue weighted by Gasteiger charge is 2.41. The first-order chi connectivity index (χ1) is 24.3. The Labute approximate surface area is 300 Å². The molecule has 0 spiro atoms. The largest absolute Gasteiger partial charge is 0.271 e. The number of carbonyl (C=O) groups is 4. The maximum atomic E-state index is 14.3. The van der Waals surface area contributed by atoms with Gasteiger partial charge < -0.3 is 0 Å². The lowest BCUT2D eigenvalue weighted by atomic mass is 9.80. The zero-order valence-electron chi connectivity index (χ0n) is 28.5. The number of thiocarbonyl (C=S) groups is 2. The number of aliphatic imine (C=N–C) groups is 2. The van der Waals surface area contributed by atoms with Crippen LogP contribution in [0.1, 0.15) is 120 Å². The SMILES string of the molecule is CCCCC(CC)N1C(=O)c2ccc3c4c(N=C=S)cc5c6c(ccc(c7c(N=C=S)cc(c2c37)C1=O)c64)C(=O)N(C(CC)CCCC)C5=O. The Balaban J connectivity index is 1.61. The molecule has 0 N–H and O–H groups in total. The van der Waals surface area contributed by atoms with Crippen LogP contribution >= 0.6 is 24.4 Å². The van der Waals surface area contributed by atoms with Gasteiger partial charge in [-0.2, -0.15) is 9.98 Å². The summed E-state index contributed by atoms with van der Waals surface area (Å²) in [7, 11) is 0. The molecule has 50 heavy (non-hydrogen) atoms. The molecule has 2 heterocycles. The number of benzene rings is 5. The molecular formula is C40H36N4O4S2. The van der Waals surface area contributed by atoms with Crippen molar-refractivity contribution in [1.82, 2.24) is 9.80 Å². The lowest BCUT2D eigenvalue weighted by Crippen LogP contribution is -2.47. The second kappa shape index (κ2) is 13.2. The quantitative estimate of drug-likeness (QED) is 0.0422. The number of rotatable bonds is 12. The van der Waals surface area contributed by atoms with Crippen LogP contribution in [0.4, 0.5) is 11.4 Å². The van der Waals surface area contributed by atoms with Gasteiger partial charge in [0.25, 0.3) is 23.6 Å².